The quantitative estimate of drug-likeness (QED) is 0.537. The third-order valence-corrected chi connectivity index (χ3v) is 0.880. The van der Waals surface area contributed by atoms with E-state index in [2.05, 4.69) is 0 Å². The zero-order valence-corrected chi connectivity index (χ0v) is 6.47. The number of aliphatic hydroxyl groups is 1. The Hall–Kier alpha value is -0.320. The predicted molar refractivity (Wildman–Crippen MR) is 39.2 cm³/mol. The van der Waals surface area contributed by atoms with E-state index < -0.39 is 12.1 Å². The van der Waals surface area contributed by atoms with Gasteiger partial charge >= 0.3 is 5.97 Å². The van der Waals surface area contributed by atoms with E-state index in [4.69, 9.17) is 15.9 Å². The number of hydrogen-bond acceptors (Lipinski definition) is 3. The molecule has 2 unspecified atom stereocenters. The van der Waals surface area contributed by atoms with E-state index in [9.17, 15) is 4.79 Å². The molecule has 0 aliphatic rings. The van der Waals surface area contributed by atoms with Crippen LogP contribution in [0.25, 0.3) is 0 Å². The van der Waals surface area contributed by atoms with E-state index in [1.807, 2.05) is 0 Å². The van der Waals surface area contributed by atoms with Crippen LogP contribution < -0.4 is 5.73 Å². The van der Waals surface area contributed by atoms with Crippen molar-refractivity contribution >= 4 is 18.4 Å². The maximum absolute atomic E-state index is 9.93. The molecule has 0 radical (unpaired) electrons. The van der Waals surface area contributed by atoms with Gasteiger partial charge < -0.3 is 15.9 Å². The van der Waals surface area contributed by atoms with Crippen LogP contribution in [0.3, 0.4) is 0 Å². The molecular formula is C5H12ClNO3. The molecule has 0 saturated carbocycles. The van der Waals surface area contributed by atoms with Gasteiger partial charge in [0.2, 0.25) is 0 Å². The number of carboxylic acid groups (broad SMARTS) is 1. The van der Waals surface area contributed by atoms with Gasteiger partial charge in [-0.25, -0.2) is 4.79 Å². The molecule has 0 amide bonds. The van der Waals surface area contributed by atoms with Gasteiger partial charge in [0.25, 0.3) is 0 Å². The van der Waals surface area contributed by atoms with E-state index in [0.29, 0.717) is 0 Å². The lowest BCUT2D eigenvalue weighted by Gasteiger charge is -2.06. The van der Waals surface area contributed by atoms with Gasteiger partial charge in [-0.05, 0) is 13.3 Å². The van der Waals surface area contributed by atoms with Gasteiger partial charge in [-0.15, -0.1) is 12.4 Å². The number of nitrogens with two attached hydrogens (primary N) is 1. The summed E-state index contributed by atoms with van der Waals surface area (Å²) in [6, 6.07) is -0.268. The highest BCUT2D eigenvalue weighted by Gasteiger charge is 2.13. The minimum atomic E-state index is -1.31. The molecule has 0 fully saturated rings. The number of carboxylic acids is 1. The standard InChI is InChI=1S/C5H11NO3.ClH/c1-3(6)2-4(7)5(8)9;/h3-4,7H,2,6H2,1H3,(H,8,9);1H. The lowest BCUT2D eigenvalue weighted by molar-refractivity contribution is -0.147. The van der Waals surface area contributed by atoms with E-state index in [1.165, 1.54) is 0 Å². The molecule has 0 aromatic heterocycles. The molecule has 0 spiro atoms. The molecule has 0 rings (SSSR count). The Balaban J connectivity index is 0. The number of carbonyl (C=O) groups is 1. The van der Waals surface area contributed by atoms with Crippen LogP contribution in [0.15, 0.2) is 0 Å². The Morgan fingerprint density at radius 2 is 2.10 bits per heavy atom. The number of hydrogen-bond donors (Lipinski definition) is 3. The van der Waals surface area contributed by atoms with Crippen LogP contribution in [0.1, 0.15) is 13.3 Å². The second-order valence-corrected chi connectivity index (χ2v) is 2.07. The highest BCUT2D eigenvalue weighted by molar-refractivity contribution is 5.85. The van der Waals surface area contributed by atoms with Gasteiger partial charge in [-0.3, -0.25) is 0 Å². The van der Waals surface area contributed by atoms with Crippen molar-refractivity contribution in [1.82, 2.24) is 0 Å². The van der Waals surface area contributed by atoms with Crippen molar-refractivity contribution in [2.75, 3.05) is 0 Å². The van der Waals surface area contributed by atoms with Gasteiger partial charge in [0.05, 0.1) is 0 Å². The fourth-order valence-electron chi connectivity index (χ4n) is 0.453. The summed E-state index contributed by atoms with van der Waals surface area (Å²) >= 11 is 0. The second kappa shape index (κ2) is 5.46. The smallest absolute Gasteiger partial charge is 0.332 e. The van der Waals surface area contributed by atoms with Crippen molar-refractivity contribution < 1.29 is 15.0 Å². The summed E-state index contributed by atoms with van der Waals surface area (Å²) in [5, 5.41) is 16.7. The summed E-state index contributed by atoms with van der Waals surface area (Å²) in [5.74, 6) is -1.22. The summed E-state index contributed by atoms with van der Waals surface area (Å²) in [5.41, 5.74) is 5.21. The molecule has 0 aromatic rings. The zero-order chi connectivity index (χ0) is 7.44. The highest BCUT2D eigenvalue weighted by Crippen LogP contribution is 1.93. The van der Waals surface area contributed by atoms with Crippen LogP contribution >= 0.6 is 12.4 Å². The minimum Gasteiger partial charge on any atom is -0.479 e. The van der Waals surface area contributed by atoms with Crippen LogP contribution in [-0.4, -0.2) is 28.3 Å². The lowest BCUT2D eigenvalue weighted by Crippen LogP contribution is -2.28. The first-order valence-electron chi connectivity index (χ1n) is 2.70. The normalized spacial score (nSPS) is 15.1. The Morgan fingerprint density at radius 1 is 1.70 bits per heavy atom. The molecular weight excluding hydrogens is 158 g/mol. The molecule has 0 aliphatic carbocycles. The van der Waals surface area contributed by atoms with Crippen LogP contribution in [0.2, 0.25) is 0 Å². The second-order valence-electron chi connectivity index (χ2n) is 2.07. The monoisotopic (exact) mass is 169 g/mol. The third-order valence-electron chi connectivity index (χ3n) is 0.880. The third kappa shape index (κ3) is 5.81. The van der Waals surface area contributed by atoms with Crippen LogP contribution in [-0.2, 0) is 4.79 Å². The number of aliphatic carboxylic acids is 1. The average Bonchev–Trinajstić information content (AvgIpc) is 1.63. The summed E-state index contributed by atoms with van der Waals surface area (Å²) in [7, 11) is 0. The molecule has 5 heteroatoms. The molecule has 0 aliphatic heterocycles. The van der Waals surface area contributed by atoms with E-state index in [0.717, 1.165) is 0 Å². The molecule has 0 bridgehead atoms. The zero-order valence-electron chi connectivity index (χ0n) is 5.65. The highest BCUT2D eigenvalue weighted by atomic mass is 35.5. The molecule has 0 saturated heterocycles. The van der Waals surface area contributed by atoms with Crippen LogP contribution in [0, 0.1) is 0 Å². The van der Waals surface area contributed by atoms with Crippen molar-refractivity contribution in [2.45, 2.75) is 25.5 Å². The Labute approximate surface area is 65.4 Å². The summed E-state index contributed by atoms with van der Waals surface area (Å²) in [4.78, 5) is 9.93. The first-order chi connectivity index (χ1) is 4.04. The van der Waals surface area contributed by atoms with Crippen molar-refractivity contribution in [3.05, 3.63) is 0 Å². The maximum atomic E-state index is 9.93. The van der Waals surface area contributed by atoms with Crippen molar-refractivity contribution in [1.29, 1.82) is 0 Å². The molecule has 62 valence electrons. The molecule has 4 N–H and O–H groups in total. The molecule has 0 aromatic carbocycles. The van der Waals surface area contributed by atoms with Crippen LogP contribution in [0.4, 0.5) is 0 Å². The Morgan fingerprint density at radius 3 is 2.20 bits per heavy atom. The van der Waals surface area contributed by atoms with Gasteiger partial charge in [-0.2, -0.15) is 0 Å². The average molecular weight is 170 g/mol. The maximum Gasteiger partial charge on any atom is 0.332 e. The van der Waals surface area contributed by atoms with Gasteiger partial charge in [-0.1, -0.05) is 0 Å². The summed E-state index contributed by atoms with van der Waals surface area (Å²) in [6.07, 6.45) is -1.21. The van der Waals surface area contributed by atoms with Crippen molar-refractivity contribution in [3.8, 4) is 0 Å². The Bertz CT molecular complexity index is 107. The molecule has 10 heavy (non-hydrogen) atoms. The summed E-state index contributed by atoms with van der Waals surface area (Å²) < 4.78 is 0. The van der Waals surface area contributed by atoms with Crippen molar-refractivity contribution in [3.63, 3.8) is 0 Å². The Kier molecular flexibility index (Phi) is 6.76. The van der Waals surface area contributed by atoms with Gasteiger partial charge in [0.1, 0.15) is 0 Å². The first kappa shape index (κ1) is 12.4. The van der Waals surface area contributed by atoms with Gasteiger partial charge in [0.15, 0.2) is 6.10 Å². The minimum absolute atomic E-state index is 0. The number of rotatable bonds is 3. The lowest BCUT2D eigenvalue weighted by atomic mass is 10.1. The topological polar surface area (TPSA) is 83.5 Å². The predicted octanol–water partition coefficient (Wildman–Crippen LogP) is -0.409. The number of aliphatic hydroxyl groups excluding tert-OH is 1. The van der Waals surface area contributed by atoms with E-state index >= 15 is 0 Å². The van der Waals surface area contributed by atoms with E-state index in [1.54, 1.807) is 6.92 Å². The van der Waals surface area contributed by atoms with Gasteiger partial charge in [0, 0.05) is 6.04 Å². The van der Waals surface area contributed by atoms with Crippen LogP contribution in [0.5, 0.6) is 0 Å². The molecule has 4 nitrogen and oxygen atoms in total. The van der Waals surface area contributed by atoms with E-state index in [-0.39, 0.29) is 24.9 Å². The first-order valence-corrected chi connectivity index (χ1v) is 2.70. The van der Waals surface area contributed by atoms with Crippen molar-refractivity contribution in [2.24, 2.45) is 5.73 Å². The molecule has 0 heterocycles. The SMILES string of the molecule is CC(N)CC(O)C(=O)O.Cl. The summed E-state index contributed by atoms with van der Waals surface area (Å²) in [6.45, 7) is 1.64. The fourth-order valence-corrected chi connectivity index (χ4v) is 0.453. The largest absolute Gasteiger partial charge is 0.479 e. The fraction of sp³-hybridized carbons (Fsp3) is 0.800. The molecule has 2 atom stereocenters. The number of halogens is 1.